The van der Waals surface area contributed by atoms with E-state index in [4.69, 9.17) is 10.00 Å². The van der Waals surface area contributed by atoms with Crippen LogP contribution in [0.2, 0.25) is 0 Å². The van der Waals surface area contributed by atoms with Gasteiger partial charge < -0.3 is 10.1 Å². The Kier molecular flexibility index (Phi) is 3.44. The summed E-state index contributed by atoms with van der Waals surface area (Å²) in [7, 11) is 1.62. The molecule has 90 valence electrons. The van der Waals surface area contributed by atoms with E-state index in [1.807, 2.05) is 37.3 Å². The van der Waals surface area contributed by atoms with Crippen molar-refractivity contribution in [1.82, 2.24) is 4.98 Å². The summed E-state index contributed by atoms with van der Waals surface area (Å²) in [4.78, 5) is 4.19. The molecular formula is C14H13N3O. The fraction of sp³-hybridized carbons (Fsp3) is 0.143. The van der Waals surface area contributed by atoms with Crippen LogP contribution in [0.1, 0.15) is 11.1 Å². The van der Waals surface area contributed by atoms with Crippen molar-refractivity contribution in [1.29, 1.82) is 5.26 Å². The number of hydrogen-bond donors (Lipinski definition) is 1. The topological polar surface area (TPSA) is 57.9 Å². The molecule has 4 nitrogen and oxygen atoms in total. The van der Waals surface area contributed by atoms with Gasteiger partial charge in [-0.1, -0.05) is 6.07 Å². The van der Waals surface area contributed by atoms with Gasteiger partial charge in [-0.3, -0.25) is 0 Å². The number of aromatic nitrogens is 1. The summed E-state index contributed by atoms with van der Waals surface area (Å²) in [5, 5.41) is 12.2. The number of methoxy groups -OCH3 is 1. The number of pyridine rings is 1. The molecule has 4 heteroatoms. The summed E-state index contributed by atoms with van der Waals surface area (Å²) in [6.45, 7) is 1.89. The van der Waals surface area contributed by atoms with Crippen molar-refractivity contribution in [2.24, 2.45) is 0 Å². The first-order chi connectivity index (χ1) is 8.74. The lowest BCUT2D eigenvalue weighted by Crippen LogP contribution is -1.98. The van der Waals surface area contributed by atoms with E-state index in [1.165, 1.54) is 0 Å². The number of ether oxygens (including phenoxy) is 1. The second-order valence-corrected chi connectivity index (χ2v) is 3.82. The molecule has 0 radical (unpaired) electrons. The third-order valence-electron chi connectivity index (χ3n) is 2.60. The highest BCUT2D eigenvalue weighted by Gasteiger charge is 2.06. The summed E-state index contributed by atoms with van der Waals surface area (Å²) in [5.74, 6) is 1.32. The van der Waals surface area contributed by atoms with Gasteiger partial charge in [-0.25, -0.2) is 4.98 Å². The molecule has 0 fully saturated rings. The first-order valence-corrected chi connectivity index (χ1v) is 5.51. The van der Waals surface area contributed by atoms with Crippen LogP contribution in [0.5, 0.6) is 5.75 Å². The molecule has 1 heterocycles. The lowest BCUT2D eigenvalue weighted by molar-refractivity contribution is 0.415. The van der Waals surface area contributed by atoms with Gasteiger partial charge in [0.2, 0.25) is 0 Å². The zero-order chi connectivity index (χ0) is 13.0. The summed E-state index contributed by atoms with van der Waals surface area (Å²) in [5.41, 5.74) is 2.29. The molecule has 0 spiro atoms. The number of rotatable bonds is 3. The fourth-order valence-electron chi connectivity index (χ4n) is 1.63. The zero-order valence-corrected chi connectivity index (χ0v) is 10.3. The van der Waals surface area contributed by atoms with Crippen molar-refractivity contribution < 1.29 is 4.74 Å². The van der Waals surface area contributed by atoms with Gasteiger partial charge in [-0.15, -0.1) is 0 Å². The predicted molar refractivity (Wildman–Crippen MR) is 70.0 cm³/mol. The maximum Gasteiger partial charge on any atom is 0.148 e. The minimum absolute atomic E-state index is 0.556. The minimum atomic E-state index is 0.556. The maximum absolute atomic E-state index is 9.12. The van der Waals surface area contributed by atoms with Gasteiger partial charge >= 0.3 is 0 Å². The summed E-state index contributed by atoms with van der Waals surface area (Å²) in [6.07, 6.45) is 1.68. The Hall–Kier alpha value is -2.54. The van der Waals surface area contributed by atoms with E-state index in [1.54, 1.807) is 13.3 Å². The van der Waals surface area contributed by atoms with Crippen LogP contribution in [0.4, 0.5) is 11.5 Å². The lowest BCUT2D eigenvalue weighted by atomic mass is 10.1. The van der Waals surface area contributed by atoms with Crippen molar-refractivity contribution in [3.8, 4) is 11.8 Å². The summed E-state index contributed by atoms with van der Waals surface area (Å²) in [6, 6.07) is 11.5. The fourth-order valence-corrected chi connectivity index (χ4v) is 1.63. The Balaban J connectivity index is 2.34. The second kappa shape index (κ2) is 5.19. The van der Waals surface area contributed by atoms with Crippen LogP contribution >= 0.6 is 0 Å². The molecule has 0 atom stereocenters. The predicted octanol–water partition coefficient (Wildman–Crippen LogP) is 3.01. The number of hydrogen-bond acceptors (Lipinski definition) is 4. The zero-order valence-electron chi connectivity index (χ0n) is 10.3. The molecule has 0 saturated heterocycles. The largest absolute Gasteiger partial charge is 0.497 e. The lowest BCUT2D eigenvalue weighted by Gasteiger charge is -2.09. The molecule has 2 rings (SSSR count). The standard InChI is InChI=1S/C14H13N3O/c1-10-6-7-16-14(13(10)9-15)17-11-4-3-5-12(8-11)18-2/h3-8H,1-2H3,(H,16,17). The molecule has 1 aromatic heterocycles. The van der Waals surface area contributed by atoms with E-state index in [0.29, 0.717) is 11.4 Å². The molecule has 0 unspecified atom stereocenters. The van der Waals surface area contributed by atoms with Crippen LogP contribution in [0.3, 0.4) is 0 Å². The highest BCUT2D eigenvalue weighted by molar-refractivity contribution is 5.65. The molecule has 0 amide bonds. The van der Waals surface area contributed by atoms with Crippen molar-refractivity contribution in [2.45, 2.75) is 6.92 Å². The Labute approximate surface area is 106 Å². The van der Waals surface area contributed by atoms with Crippen molar-refractivity contribution in [2.75, 3.05) is 12.4 Å². The number of nitriles is 1. The normalized spacial score (nSPS) is 9.61. The van der Waals surface area contributed by atoms with E-state index >= 15 is 0 Å². The van der Waals surface area contributed by atoms with E-state index in [0.717, 1.165) is 17.0 Å². The van der Waals surface area contributed by atoms with Crippen molar-refractivity contribution in [3.05, 3.63) is 47.7 Å². The van der Waals surface area contributed by atoms with Gasteiger partial charge in [-0.2, -0.15) is 5.26 Å². The van der Waals surface area contributed by atoms with E-state index in [9.17, 15) is 0 Å². The minimum Gasteiger partial charge on any atom is -0.497 e. The molecule has 0 aliphatic carbocycles. The number of nitrogens with one attached hydrogen (secondary N) is 1. The van der Waals surface area contributed by atoms with Crippen molar-refractivity contribution >= 4 is 11.5 Å². The molecule has 1 aromatic carbocycles. The first-order valence-electron chi connectivity index (χ1n) is 5.51. The van der Waals surface area contributed by atoms with Gasteiger partial charge in [0.15, 0.2) is 0 Å². The van der Waals surface area contributed by atoms with Crippen molar-refractivity contribution in [3.63, 3.8) is 0 Å². The molecule has 18 heavy (non-hydrogen) atoms. The summed E-state index contributed by atoms with van der Waals surface area (Å²) >= 11 is 0. The Morgan fingerprint density at radius 1 is 1.33 bits per heavy atom. The van der Waals surface area contributed by atoms with Crippen LogP contribution in [-0.2, 0) is 0 Å². The van der Waals surface area contributed by atoms with Gasteiger partial charge in [0.05, 0.1) is 12.7 Å². The quantitative estimate of drug-likeness (QED) is 0.894. The Bertz CT molecular complexity index is 602. The van der Waals surface area contributed by atoms with Gasteiger partial charge in [-0.05, 0) is 30.7 Å². The Morgan fingerprint density at radius 3 is 2.89 bits per heavy atom. The van der Waals surface area contributed by atoms with E-state index < -0.39 is 0 Å². The highest BCUT2D eigenvalue weighted by Crippen LogP contribution is 2.23. The number of anilines is 2. The highest BCUT2D eigenvalue weighted by atomic mass is 16.5. The monoisotopic (exact) mass is 239 g/mol. The molecular weight excluding hydrogens is 226 g/mol. The van der Waals surface area contributed by atoms with Crippen LogP contribution in [0.25, 0.3) is 0 Å². The first kappa shape index (κ1) is 11.9. The average molecular weight is 239 g/mol. The third-order valence-corrected chi connectivity index (χ3v) is 2.60. The second-order valence-electron chi connectivity index (χ2n) is 3.82. The van der Waals surface area contributed by atoms with E-state index in [-0.39, 0.29) is 0 Å². The van der Waals surface area contributed by atoms with Gasteiger partial charge in [0.1, 0.15) is 17.6 Å². The molecule has 1 N–H and O–H groups in total. The number of nitrogens with zero attached hydrogens (tertiary/aromatic N) is 2. The third kappa shape index (κ3) is 2.41. The number of aryl methyl sites for hydroxylation is 1. The smallest absolute Gasteiger partial charge is 0.148 e. The average Bonchev–Trinajstić information content (AvgIpc) is 2.39. The molecule has 0 bridgehead atoms. The number of benzene rings is 1. The van der Waals surface area contributed by atoms with Crippen LogP contribution < -0.4 is 10.1 Å². The van der Waals surface area contributed by atoms with Crippen LogP contribution in [0.15, 0.2) is 36.5 Å². The molecule has 2 aromatic rings. The van der Waals surface area contributed by atoms with Gasteiger partial charge in [0, 0.05) is 18.0 Å². The van der Waals surface area contributed by atoms with E-state index in [2.05, 4.69) is 16.4 Å². The SMILES string of the molecule is COc1cccc(Nc2nccc(C)c2C#N)c1. The molecule has 0 aliphatic heterocycles. The summed E-state index contributed by atoms with van der Waals surface area (Å²) < 4.78 is 5.15. The van der Waals surface area contributed by atoms with Crippen LogP contribution in [-0.4, -0.2) is 12.1 Å². The van der Waals surface area contributed by atoms with Crippen LogP contribution in [0, 0.1) is 18.3 Å². The molecule has 0 aliphatic rings. The Morgan fingerprint density at radius 2 is 2.17 bits per heavy atom. The maximum atomic E-state index is 9.12. The van der Waals surface area contributed by atoms with Gasteiger partial charge in [0.25, 0.3) is 0 Å². The molecule has 0 saturated carbocycles.